The Kier molecular flexibility index (Phi) is 6.20. The van der Waals surface area contributed by atoms with Gasteiger partial charge in [-0.3, -0.25) is 0 Å². The van der Waals surface area contributed by atoms with E-state index in [4.69, 9.17) is 9.47 Å². The summed E-state index contributed by atoms with van der Waals surface area (Å²) < 4.78 is 16.1. The van der Waals surface area contributed by atoms with Crippen LogP contribution in [0.5, 0.6) is 23.0 Å². The molecule has 0 saturated carbocycles. The lowest BCUT2D eigenvalue weighted by Crippen LogP contribution is -2.36. The molecule has 4 nitrogen and oxygen atoms in total. The monoisotopic (exact) mass is 668 g/mol. The smallest absolute Gasteiger partial charge is 0.132 e. The number of fused-ring (bicyclic) bond motifs is 11. The van der Waals surface area contributed by atoms with Gasteiger partial charge in [0.05, 0.1) is 16.4 Å². The average Bonchev–Trinajstić information content (AvgIpc) is 3.56. The van der Waals surface area contributed by atoms with Crippen molar-refractivity contribution in [2.75, 3.05) is 6.54 Å². The van der Waals surface area contributed by atoms with Gasteiger partial charge in [-0.1, -0.05) is 121 Å². The molecular formula is C48H32N2O2. The van der Waals surface area contributed by atoms with Crippen LogP contribution in [0.15, 0.2) is 176 Å². The summed E-state index contributed by atoms with van der Waals surface area (Å²) in [6.07, 6.45) is 6.34. The summed E-state index contributed by atoms with van der Waals surface area (Å²) >= 11 is 0. The van der Waals surface area contributed by atoms with E-state index in [2.05, 4.69) is 186 Å². The number of hydrogen-bond acceptors (Lipinski definition) is 3. The third-order valence-corrected chi connectivity index (χ3v) is 10.9. The van der Waals surface area contributed by atoms with Crippen molar-refractivity contribution in [1.82, 2.24) is 9.88 Å². The second kappa shape index (κ2) is 11.1. The Morgan fingerprint density at radius 2 is 1.13 bits per heavy atom. The summed E-state index contributed by atoms with van der Waals surface area (Å²) in [6.45, 7) is 0.803. The predicted octanol–water partition coefficient (Wildman–Crippen LogP) is 11.5. The molecule has 4 heteroatoms. The maximum Gasteiger partial charge on any atom is 0.132 e. The Balaban J connectivity index is 1.16. The third-order valence-electron chi connectivity index (χ3n) is 10.9. The van der Waals surface area contributed by atoms with Crippen LogP contribution in [0.1, 0.15) is 27.8 Å². The van der Waals surface area contributed by atoms with E-state index in [0.29, 0.717) is 0 Å². The first kappa shape index (κ1) is 29.0. The van der Waals surface area contributed by atoms with Gasteiger partial charge >= 0.3 is 0 Å². The van der Waals surface area contributed by atoms with Gasteiger partial charge in [-0.2, -0.15) is 0 Å². The largest absolute Gasteiger partial charge is 0.457 e. The van der Waals surface area contributed by atoms with Crippen LogP contribution in [0.2, 0.25) is 0 Å². The fraction of sp³-hybridized carbons (Fsp3) is 0.0417. The van der Waals surface area contributed by atoms with Crippen LogP contribution in [-0.4, -0.2) is 11.1 Å². The van der Waals surface area contributed by atoms with E-state index in [1.54, 1.807) is 0 Å². The molecule has 8 aromatic rings. The Morgan fingerprint density at radius 1 is 0.519 bits per heavy atom. The van der Waals surface area contributed by atoms with Gasteiger partial charge in [0, 0.05) is 56.5 Å². The second-order valence-corrected chi connectivity index (χ2v) is 13.6. The second-order valence-electron chi connectivity index (χ2n) is 13.6. The molecule has 0 amide bonds. The van der Waals surface area contributed by atoms with Crippen LogP contribution in [0.4, 0.5) is 0 Å². The zero-order chi connectivity index (χ0) is 34.2. The highest BCUT2D eigenvalue weighted by Gasteiger charge is 2.50. The number of benzene rings is 7. The number of rotatable bonds is 3. The van der Waals surface area contributed by atoms with Crippen LogP contribution in [0, 0.1) is 0 Å². The standard InChI is InChI=1S/C48H32N2O2/c1-2-13-33(14-3-1)50-41-20-7-4-15-35(41)47-34(16-12-21-42(47)50)31-24-26-38-45(29-31)51-43-22-8-5-17-36(43)48(38)37-18-6-9-23-44(37)52-46-30-32(25-27-39(46)48)40-19-10-11-28-49-40/h1-27,29-30,49H,28H2. The number of hydrogen-bond donors (Lipinski definition) is 1. The molecule has 1 unspecified atom stereocenters. The van der Waals surface area contributed by atoms with E-state index in [1.165, 1.54) is 27.4 Å². The summed E-state index contributed by atoms with van der Waals surface area (Å²) in [5.41, 5.74) is 11.7. The fourth-order valence-electron chi connectivity index (χ4n) is 8.78. The number of ether oxygens (including phenoxy) is 2. The number of allylic oxidation sites excluding steroid dienone is 2. The average molecular weight is 669 g/mol. The molecule has 0 fully saturated rings. The molecule has 1 N–H and O–H groups in total. The summed E-state index contributed by atoms with van der Waals surface area (Å²) in [4.78, 5) is 0. The van der Waals surface area contributed by atoms with Crippen molar-refractivity contribution >= 4 is 27.5 Å². The zero-order valence-electron chi connectivity index (χ0n) is 28.2. The Bertz CT molecular complexity index is 2800. The summed E-state index contributed by atoms with van der Waals surface area (Å²) in [7, 11) is 0. The predicted molar refractivity (Wildman–Crippen MR) is 210 cm³/mol. The Morgan fingerprint density at radius 3 is 1.87 bits per heavy atom. The first-order valence-electron chi connectivity index (χ1n) is 17.8. The van der Waals surface area contributed by atoms with Crippen LogP contribution in [0.25, 0.3) is 44.3 Å². The highest BCUT2D eigenvalue weighted by molar-refractivity contribution is 6.15. The van der Waals surface area contributed by atoms with E-state index < -0.39 is 5.41 Å². The molecule has 3 aliphatic rings. The molecule has 1 spiro atoms. The van der Waals surface area contributed by atoms with Gasteiger partial charge < -0.3 is 19.4 Å². The van der Waals surface area contributed by atoms with Gasteiger partial charge in [-0.05, 0) is 65.7 Å². The van der Waals surface area contributed by atoms with Crippen molar-refractivity contribution in [3.8, 4) is 39.8 Å². The summed E-state index contributed by atoms with van der Waals surface area (Å²) in [5.74, 6) is 3.38. The number of dihydropyridines is 1. The lowest BCUT2D eigenvalue weighted by molar-refractivity contribution is 0.399. The van der Waals surface area contributed by atoms with E-state index in [9.17, 15) is 0 Å². The maximum absolute atomic E-state index is 6.92. The molecule has 1 atom stereocenters. The van der Waals surface area contributed by atoms with E-state index >= 15 is 0 Å². The van der Waals surface area contributed by atoms with E-state index in [1.807, 2.05) is 0 Å². The maximum atomic E-state index is 6.92. The van der Waals surface area contributed by atoms with E-state index in [-0.39, 0.29) is 0 Å². The summed E-state index contributed by atoms with van der Waals surface area (Å²) in [5, 5.41) is 5.96. The number of nitrogens with one attached hydrogen (secondary N) is 1. The Labute approximate surface area is 301 Å². The van der Waals surface area contributed by atoms with Crippen molar-refractivity contribution < 1.29 is 9.47 Å². The molecule has 52 heavy (non-hydrogen) atoms. The third kappa shape index (κ3) is 4.03. The van der Waals surface area contributed by atoms with Crippen molar-refractivity contribution in [3.63, 3.8) is 0 Å². The van der Waals surface area contributed by atoms with Gasteiger partial charge in [-0.15, -0.1) is 0 Å². The van der Waals surface area contributed by atoms with Gasteiger partial charge in [0.1, 0.15) is 23.0 Å². The molecule has 0 aliphatic carbocycles. The van der Waals surface area contributed by atoms with Crippen molar-refractivity contribution in [2.45, 2.75) is 5.41 Å². The highest BCUT2D eigenvalue weighted by Crippen LogP contribution is 2.62. The van der Waals surface area contributed by atoms with Crippen molar-refractivity contribution in [2.24, 2.45) is 0 Å². The number of nitrogens with zero attached hydrogens (tertiary/aromatic N) is 1. The molecule has 11 rings (SSSR count). The van der Waals surface area contributed by atoms with E-state index in [0.717, 1.165) is 74.3 Å². The fourth-order valence-corrected chi connectivity index (χ4v) is 8.78. The van der Waals surface area contributed by atoms with Gasteiger partial charge in [-0.25, -0.2) is 0 Å². The molecule has 0 radical (unpaired) electrons. The molecule has 0 saturated heterocycles. The molecule has 7 aromatic carbocycles. The minimum Gasteiger partial charge on any atom is -0.457 e. The lowest BCUT2D eigenvalue weighted by atomic mass is 9.62. The minimum atomic E-state index is -0.658. The first-order valence-corrected chi connectivity index (χ1v) is 17.8. The van der Waals surface area contributed by atoms with Gasteiger partial charge in [0.2, 0.25) is 0 Å². The molecule has 246 valence electrons. The molecule has 1 aromatic heterocycles. The van der Waals surface area contributed by atoms with Gasteiger partial charge in [0.25, 0.3) is 0 Å². The van der Waals surface area contributed by atoms with Gasteiger partial charge in [0.15, 0.2) is 0 Å². The van der Waals surface area contributed by atoms with Crippen molar-refractivity contribution in [1.29, 1.82) is 0 Å². The van der Waals surface area contributed by atoms with Crippen LogP contribution < -0.4 is 14.8 Å². The first-order chi connectivity index (χ1) is 25.8. The molecule has 4 heterocycles. The van der Waals surface area contributed by atoms with Crippen LogP contribution in [0.3, 0.4) is 0 Å². The molecule has 3 aliphatic heterocycles. The normalized spacial score (nSPS) is 16.6. The zero-order valence-corrected chi connectivity index (χ0v) is 28.2. The molecule has 0 bridgehead atoms. The lowest BCUT2D eigenvalue weighted by Gasteiger charge is -2.45. The topological polar surface area (TPSA) is 35.4 Å². The van der Waals surface area contributed by atoms with Crippen LogP contribution >= 0.6 is 0 Å². The molecular weight excluding hydrogens is 637 g/mol. The van der Waals surface area contributed by atoms with Crippen molar-refractivity contribution in [3.05, 3.63) is 204 Å². The quantitative estimate of drug-likeness (QED) is 0.204. The summed E-state index contributed by atoms with van der Waals surface area (Å²) in [6, 6.07) is 56.3. The Hall–Kier alpha value is -6.78. The van der Waals surface area contributed by atoms with Crippen LogP contribution in [-0.2, 0) is 5.41 Å². The number of para-hydroxylation sites is 4. The number of aromatic nitrogens is 1. The SMILES string of the molecule is C1=CCNC(c2ccc3c(c2)Oc2ccccc2C32c3ccccc3Oc3cc(-c4cccc5c4c4ccccc4n5-c4ccccc4)ccc32)=C1. The minimum absolute atomic E-state index is 0.658. The highest BCUT2D eigenvalue weighted by atomic mass is 16.5.